The first kappa shape index (κ1) is 16.6. The molecular weight excluding hydrogens is 312 g/mol. The number of esters is 1. The molecule has 2 aromatic rings. The molecule has 0 unspecified atom stereocenters. The van der Waals surface area contributed by atoms with Gasteiger partial charge in [-0.05, 0) is 36.5 Å². The standard InChI is InChI=1S/C19H19F2NO2/c1-11-8-9-14(13-5-3-7-16(20)17(13)21)19(24-12(2)23)15-6-4-10-22-18(11)15/h3-7,10-11,14,19H,8-9H2,1-2H3/t11-,14+,19+/m1/s1. The Balaban J connectivity index is 2.14. The van der Waals surface area contributed by atoms with Crippen LogP contribution in [-0.4, -0.2) is 11.0 Å². The van der Waals surface area contributed by atoms with Gasteiger partial charge in [0.05, 0.1) is 5.69 Å². The molecular formula is C19H19F2NO2. The molecule has 0 bridgehead atoms. The number of fused-ring (bicyclic) bond motifs is 1. The summed E-state index contributed by atoms with van der Waals surface area (Å²) >= 11 is 0. The molecule has 3 rings (SSSR count). The number of aromatic nitrogens is 1. The Kier molecular flexibility index (Phi) is 4.60. The molecule has 1 aliphatic rings. The van der Waals surface area contributed by atoms with E-state index in [1.54, 1.807) is 18.3 Å². The van der Waals surface area contributed by atoms with Gasteiger partial charge in [-0.3, -0.25) is 9.78 Å². The average Bonchev–Trinajstić information content (AvgIpc) is 2.69. The highest BCUT2D eigenvalue weighted by molar-refractivity contribution is 5.66. The summed E-state index contributed by atoms with van der Waals surface area (Å²) in [6, 6.07) is 7.76. The lowest BCUT2D eigenvalue weighted by Crippen LogP contribution is -2.18. The van der Waals surface area contributed by atoms with Gasteiger partial charge in [0.15, 0.2) is 11.6 Å². The lowest BCUT2D eigenvalue weighted by atomic mass is 9.87. The zero-order chi connectivity index (χ0) is 17.3. The molecule has 0 aliphatic heterocycles. The highest BCUT2D eigenvalue weighted by atomic mass is 19.2. The molecule has 24 heavy (non-hydrogen) atoms. The summed E-state index contributed by atoms with van der Waals surface area (Å²) in [4.78, 5) is 16.1. The van der Waals surface area contributed by atoms with Crippen molar-refractivity contribution in [2.24, 2.45) is 0 Å². The minimum atomic E-state index is -0.891. The monoisotopic (exact) mass is 331 g/mol. The number of ether oxygens (including phenoxy) is 1. The average molecular weight is 331 g/mol. The maximum absolute atomic E-state index is 14.4. The largest absolute Gasteiger partial charge is 0.457 e. The first-order valence-corrected chi connectivity index (χ1v) is 8.05. The van der Waals surface area contributed by atoms with E-state index in [0.29, 0.717) is 6.42 Å². The maximum Gasteiger partial charge on any atom is 0.303 e. The van der Waals surface area contributed by atoms with Crippen LogP contribution in [-0.2, 0) is 9.53 Å². The second-order valence-corrected chi connectivity index (χ2v) is 6.24. The Hall–Kier alpha value is -2.30. The van der Waals surface area contributed by atoms with Crippen LogP contribution in [0.2, 0.25) is 0 Å². The number of benzene rings is 1. The van der Waals surface area contributed by atoms with Crippen molar-refractivity contribution in [1.29, 1.82) is 0 Å². The molecule has 0 saturated heterocycles. The summed E-state index contributed by atoms with van der Waals surface area (Å²) in [5.74, 6) is -2.51. The fourth-order valence-corrected chi connectivity index (χ4v) is 3.47. The van der Waals surface area contributed by atoms with Gasteiger partial charge in [0.1, 0.15) is 6.10 Å². The summed E-state index contributed by atoms with van der Waals surface area (Å²) in [5, 5.41) is 0. The first-order valence-electron chi connectivity index (χ1n) is 8.05. The van der Waals surface area contributed by atoms with E-state index in [-0.39, 0.29) is 11.5 Å². The summed E-state index contributed by atoms with van der Waals surface area (Å²) in [6.07, 6.45) is 2.36. The van der Waals surface area contributed by atoms with Crippen molar-refractivity contribution < 1.29 is 18.3 Å². The molecule has 3 atom stereocenters. The second kappa shape index (κ2) is 6.67. The molecule has 3 nitrogen and oxygen atoms in total. The van der Waals surface area contributed by atoms with E-state index in [4.69, 9.17) is 4.74 Å². The van der Waals surface area contributed by atoms with Crippen LogP contribution in [0.3, 0.4) is 0 Å². The van der Waals surface area contributed by atoms with Crippen LogP contribution in [0.25, 0.3) is 0 Å². The van der Waals surface area contributed by atoms with E-state index >= 15 is 0 Å². The number of pyridine rings is 1. The van der Waals surface area contributed by atoms with Crippen LogP contribution in [0.4, 0.5) is 8.78 Å². The van der Waals surface area contributed by atoms with Crippen LogP contribution in [0.5, 0.6) is 0 Å². The van der Waals surface area contributed by atoms with Gasteiger partial charge in [-0.15, -0.1) is 0 Å². The number of nitrogens with zero attached hydrogens (tertiary/aromatic N) is 1. The Morgan fingerprint density at radius 3 is 2.67 bits per heavy atom. The van der Waals surface area contributed by atoms with E-state index in [9.17, 15) is 13.6 Å². The third-order valence-corrected chi connectivity index (χ3v) is 4.59. The van der Waals surface area contributed by atoms with Crippen LogP contribution >= 0.6 is 0 Å². The van der Waals surface area contributed by atoms with Crippen molar-refractivity contribution in [3.05, 3.63) is 65.0 Å². The van der Waals surface area contributed by atoms with E-state index in [1.165, 1.54) is 13.0 Å². The zero-order valence-corrected chi connectivity index (χ0v) is 13.6. The lowest BCUT2D eigenvalue weighted by molar-refractivity contribution is -0.148. The van der Waals surface area contributed by atoms with E-state index < -0.39 is 29.6 Å². The Morgan fingerprint density at radius 2 is 1.92 bits per heavy atom. The number of carbonyl (C=O) groups is 1. The molecule has 1 heterocycles. The van der Waals surface area contributed by atoms with E-state index in [2.05, 4.69) is 4.98 Å². The lowest BCUT2D eigenvalue weighted by Gasteiger charge is -2.26. The maximum atomic E-state index is 14.4. The quantitative estimate of drug-likeness (QED) is 0.594. The molecule has 0 saturated carbocycles. The van der Waals surface area contributed by atoms with Gasteiger partial charge in [0.25, 0.3) is 0 Å². The molecule has 0 spiro atoms. The van der Waals surface area contributed by atoms with Crippen molar-refractivity contribution in [2.45, 2.75) is 44.6 Å². The number of carbonyl (C=O) groups excluding carboxylic acids is 1. The highest BCUT2D eigenvalue weighted by Gasteiger charge is 2.36. The Labute approximate surface area is 139 Å². The summed E-state index contributed by atoms with van der Waals surface area (Å²) in [7, 11) is 0. The van der Waals surface area contributed by atoms with Gasteiger partial charge in [0.2, 0.25) is 0 Å². The molecule has 1 aromatic carbocycles. The Morgan fingerprint density at radius 1 is 1.17 bits per heavy atom. The van der Waals surface area contributed by atoms with Crippen molar-refractivity contribution >= 4 is 5.97 Å². The number of rotatable bonds is 2. The van der Waals surface area contributed by atoms with Gasteiger partial charge in [-0.2, -0.15) is 0 Å². The fraction of sp³-hybridized carbons (Fsp3) is 0.368. The van der Waals surface area contributed by atoms with Crippen molar-refractivity contribution in [1.82, 2.24) is 4.98 Å². The van der Waals surface area contributed by atoms with Gasteiger partial charge >= 0.3 is 5.97 Å². The summed E-state index contributed by atoms with van der Waals surface area (Å²) in [5.41, 5.74) is 1.86. The SMILES string of the molecule is CC(=O)O[C@@H]1c2cccnc2[C@H](C)CC[C@H]1c1cccc(F)c1F. The Bertz CT molecular complexity index is 763. The minimum absolute atomic E-state index is 0.154. The molecule has 0 N–H and O–H groups in total. The van der Waals surface area contributed by atoms with Gasteiger partial charge in [-0.25, -0.2) is 8.78 Å². The third-order valence-electron chi connectivity index (χ3n) is 4.59. The van der Waals surface area contributed by atoms with Crippen LogP contribution in [0.1, 0.15) is 61.4 Å². The normalized spacial score (nSPS) is 23.2. The number of halogens is 2. The van der Waals surface area contributed by atoms with Gasteiger partial charge in [0, 0.05) is 24.6 Å². The topological polar surface area (TPSA) is 39.2 Å². The predicted octanol–water partition coefficient (Wildman–Crippen LogP) is 4.65. The van der Waals surface area contributed by atoms with E-state index in [1.807, 2.05) is 13.0 Å². The molecule has 0 radical (unpaired) electrons. The fourth-order valence-electron chi connectivity index (χ4n) is 3.47. The van der Waals surface area contributed by atoms with Crippen LogP contribution in [0.15, 0.2) is 36.5 Å². The van der Waals surface area contributed by atoms with Crippen LogP contribution in [0, 0.1) is 11.6 Å². The molecule has 1 aromatic heterocycles. The smallest absolute Gasteiger partial charge is 0.303 e. The minimum Gasteiger partial charge on any atom is -0.457 e. The number of hydrogen-bond donors (Lipinski definition) is 0. The first-order chi connectivity index (χ1) is 11.5. The second-order valence-electron chi connectivity index (χ2n) is 6.24. The molecule has 126 valence electrons. The van der Waals surface area contributed by atoms with Crippen LogP contribution < -0.4 is 0 Å². The van der Waals surface area contributed by atoms with Crippen molar-refractivity contribution in [3.63, 3.8) is 0 Å². The summed E-state index contributed by atoms with van der Waals surface area (Å²) < 4.78 is 33.6. The predicted molar refractivity (Wildman–Crippen MR) is 85.5 cm³/mol. The molecule has 0 amide bonds. The van der Waals surface area contributed by atoms with Gasteiger partial charge in [-0.1, -0.05) is 25.1 Å². The third kappa shape index (κ3) is 3.03. The molecule has 1 aliphatic carbocycles. The van der Waals surface area contributed by atoms with Crippen molar-refractivity contribution in [2.75, 3.05) is 0 Å². The molecule has 0 fully saturated rings. The zero-order valence-electron chi connectivity index (χ0n) is 13.6. The number of hydrogen-bond acceptors (Lipinski definition) is 3. The highest BCUT2D eigenvalue weighted by Crippen LogP contribution is 2.45. The van der Waals surface area contributed by atoms with E-state index in [0.717, 1.165) is 23.7 Å². The summed E-state index contributed by atoms with van der Waals surface area (Å²) in [6.45, 7) is 3.37. The van der Waals surface area contributed by atoms with Gasteiger partial charge < -0.3 is 4.74 Å². The molecule has 5 heteroatoms. The van der Waals surface area contributed by atoms with Crippen molar-refractivity contribution in [3.8, 4) is 0 Å².